The summed E-state index contributed by atoms with van der Waals surface area (Å²) in [5.74, 6) is -3.39. The molecule has 78 valence electrons. The first-order valence-corrected chi connectivity index (χ1v) is 4.75. The maximum atomic E-state index is 13.2. The van der Waals surface area contributed by atoms with E-state index in [0.29, 0.717) is 12.1 Å². The van der Waals surface area contributed by atoms with E-state index in [1.807, 2.05) is 0 Å². The van der Waals surface area contributed by atoms with E-state index in [9.17, 15) is 13.2 Å². The van der Waals surface area contributed by atoms with Gasteiger partial charge in [-0.15, -0.1) is 11.3 Å². The number of hydrogen-bond donors (Lipinski definition) is 1. The maximum Gasteiger partial charge on any atom is 0.222 e. The smallest absolute Gasteiger partial charge is 0.222 e. The first kappa shape index (κ1) is 9.97. The van der Waals surface area contributed by atoms with Crippen molar-refractivity contribution >= 4 is 11.3 Å². The highest BCUT2D eigenvalue weighted by Crippen LogP contribution is 2.31. The van der Waals surface area contributed by atoms with E-state index >= 15 is 0 Å². The Morgan fingerprint density at radius 1 is 1.13 bits per heavy atom. The molecule has 1 N–H and O–H groups in total. The van der Waals surface area contributed by atoms with Crippen LogP contribution in [-0.4, -0.2) is 10.1 Å². The molecular formula is C9H4F3NOS. The predicted octanol–water partition coefficient (Wildman–Crippen LogP) is 2.93. The van der Waals surface area contributed by atoms with Crippen LogP contribution in [0.5, 0.6) is 5.88 Å². The molecule has 0 atom stereocenters. The molecule has 0 saturated carbocycles. The quantitative estimate of drug-likeness (QED) is 0.818. The number of halogens is 3. The highest BCUT2D eigenvalue weighted by molar-refractivity contribution is 7.13. The average Bonchev–Trinajstić information content (AvgIpc) is 2.49. The van der Waals surface area contributed by atoms with Gasteiger partial charge in [-0.3, -0.25) is 0 Å². The molecule has 0 saturated heterocycles. The number of hydrogen-bond acceptors (Lipinski definition) is 3. The van der Waals surface area contributed by atoms with Crippen LogP contribution in [0.15, 0.2) is 17.5 Å². The normalized spacial score (nSPS) is 10.6. The Bertz CT molecular complexity index is 489. The van der Waals surface area contributed by atoms with Crippen LogP contribution in [0.1, 0.15) is 0 Å². The zero-order valence-electron chi connectivity index (χ0n) is 7.17. The molecule has 0 fully saturated rings. The van der Waals surface area contributed by atoms with Crippen molar-refractivity contribution in [1.29, 1.82) is 0 Å². The first-order valence-electron chi connectivity index (χ1n) is 3.87. The van der Waals surface area contributed by atoms with Crippen LogP contribution in [-0.2, 0) is 0 Å². The van der Waals surface area contributed by atoms with Gasteiger partial charge >= 0.3 is 0 Å². The van der Waals surface area contributed by atoms with Gasteiger partial charge in [0.2, 0.25) is 5.88 Å². The molecule has 1 aromatic carbocycles. The molecule has 1 heterocycles. The third-order valence-electron chi connectivity index (χ3n) is 1.71. The van der Waals surface area contributed by atoms with Crippen LogP contribution >= 0.6 is 11.3 Å². The van der Waals surface area contributed by atoms with Crippen molar-refractivity contribution in [2.75, 3.05) is 0 Å². The van der Waals surface area contributed by atoms with Crippen molar-refractivity contribution in [2.24, 2.45) is 0 Å². The molecule has 1 aromatic heterocycles. The molecule has 0 unspecified atom stereocenters. The minimum absolute atomic E-state index is 0.0255. The predicted molar refractivity (Wildman–Crippen MR) is 49.1 cm³/mol. The summed E-state index contributed by atoms with van der Waals surface area (Å²) in [5.41, 5.74) is -0.429. The molecule has 0 aliphatic carbocycles. The molecule has 6 heteroatoms. The fourth-order valence-corrected chi connectivity index (χ4v) is 1.86. The monoisotopic (exact) mass is 231 g/mol. The number of aromatic nitrogens is 1. The van der Waals surface area contributed by atoms with Crippen molar-refractivity contribution in [1.82, 2.24) is 4.98 Å². The zero-order chi connectivity index (χ0) is 11.0. The fraction of sp³-hybridized carbons (Fsp3) is 0. The van der Waals surface area contributed by atoms with Crippen molar-refractivity contribution < 1.29 is 18.3 Å². The molecule has 2 nitrogen and oxygen atoms in total. The van der Waals surface area contributed by atoms with Crippen LogP contribution in [0.4, 0.5) is 13.2 Å². The van der Waals surface area contributed by atoms with E-state index in [0.717, 1.165) is 11.3 Å². The van der Waals surface area contributed by atoms with Gasteiger partial charge in [-0.25, -0.2) is 18.2 Å². The number of rotatable bonds is 1. The second-order valence-electron chi connectivity index (χ2n) is 2.76. The molecule has 15 heavy (non-hydrogen) atoms. The average molecular weight is 231 g/mol. The van der Waals surface area contributed by atoms with Gasteiger partial charge in [0.05, 0.1) is 10.9 Å². The Kier molecular flexibility index (Phi) is 2.36. The summed E-state index contributed by atoms with van der Waals surface area (Å²) in [6, 6.07) is 1.13. The van der Waals surface area contributed by atoms with E-state index in [4.69, 9.17) is 5.11 Å². The number of nitrogens with zero attached hydrogens (tertiary/aromatic N) is 1. The summed E-state index contributed by atoms with van der Waals surface area (Å²) < 4.78 is 39.0. The van der Waals surface area contributed by atoms with Crippen LogP contribution < -0.4 is 0 Å². The van der Waals surface area contributed by atoms with Crippen molar-refractivity contribution in [2.45, 2.75) is 0 Å². The van der Waals surface area contributed by atoms with E-state index < -0.39 is 23.0 Å². The zero-order valence-corrected chi connectivity index (χ0v) is 7.99. The summed E-state index contributed by atoms with van der Waals surface area (Å²) in [6.45, 7) is 0. The molecule has 2 aromatic rings. The van der Waals surface area contributed by atoms with Gasteiger partial charge in [0.15, 0.2) is 0 Å². The van der Waals surface area contributed by atoms with E-state index in [1.54, 1.807) is 0 Å². The van der Waals surface area contributed by atoms with Crippen LogP contribution in [0.3, 0.4) is 0 Å². The molecule has 0 aliphatic rings. The molecule has 0 bridgehead atoms. The van der Waals surface area contributed by atoms with Gasteiger partial charge in [0.25, 0.3) is 0 Å². The summed E-state index contributed by atoms with van der Waals surface area (Å²) in [4.78, 5) is 3.50. The lowest BCUT2D eigenvalue weighted by Gasteiger charge is -2.00. The second kappa shape index (κ2) is 3.54. The fourth-order valence-electron chi connectivity index (χ4n) is 1.13. The van der Waals surface area contributed by atoms with Crippen LogP contribution in [0, 0.1) is 17.5 Å². The number of aromatic hydroxyl groups is 1. The highest BCUT2D eigenvalue weighted by Gasteiger charge is 2.16. The molecule has 0 aliphatic heterocycles. The second-order valence-corrected chi connectivity index (χ2v) is 3.61. The minimum atomic E-state index is -1.04. The Hall–Kier alpha value is -1.56. The summed E-state index contributed by atoms with van der Waals surface area (Å²) in [5, 5.41) is 10.1. The van der Waals surface area contributed by atoms with Gasteiger partial charge in [0, 0.05) is 12.1 Å². The van der Waals surface area contributed by atoms with E-state index in [2.05, 4.69) is 4.98 Å². The standard InChI is InChI=1S/C9H4F3NOS/c10-4-1-5(11)8(6(12)2-4)9-13-7(14)3-15-9/h1-3,14H. The highest BCUT2D eigenvalue weighted by atomic mass is 32.1. The molecule has 0 radical (unpaired) electrons. The van der Waals surface area contributed by atoms with Crippen molar-refractivity contribution in [3.05, 3.63) is 35.0 Å². The van der Waals surface area contributed by atoms with Gasteiger partial charge in [-0.1, -0.05) is 0 Å². The number of benzene rings is 1. The van der Waals surface area contributed by atoms with Gasteiger partial charge in [-0.05, 0) is 0 Å². The lowest BCUT2D eigenvalue weighted by Crippen LogP contribution is -1.91. The third kappa shape index (κ3) is 1.80. The SMILES string of the molecule is Oc1csc(-c2c(F)cc(F)cc2F)n1. The lowest BCUT2D eigenvalue weighted by molar-refractivity contribution is 0.457. The van der Waals surface area contributed by atoms with Crippen molar-refractivity contribution in [3.8, 4) is 16.5 Å². The Labute approximate surface area is 86.6 Å². The van der Waals surface area contributed by atoms with Gasteiger partial charge in [-0.2, -0.15) is 0 Å². The summed E-state index contributed by atoms with van der Waals surface area (Å²) in [7, 11) is 0. The maximum absolute atomic E-state index is 13.2. The van der Waals surface area contributed by atoms with Crippen LogP contribution in [0.2, 0.25) is 0 Å². The van der Waals surface area contributed by atoms with E-state index in [-0.39, 0.29) is 10.9 Å². The molecule has 0 amide bonds. The van der Waals surface area contributed by atoms with Gasteiger partial charge in [0.1, 0.15) is 22.5 Å². The lowest BCUT2D eigenvalue weighted by atomic mass is 10.2. The molecular weight excluding hydrogens is 227 g/mol. The summed E-state index contributed by atoms with van der Waals surface area (Å²) >= 11 is 0.873. The third-order valence-corrected chi connectivity index (χ3v) is 2.56. The van der Waals surface area contributed by atoms with Crippen molar-refractivity contribution in [3.63, 3.8) is 0 Å². The Morgan fingerprint density at radius 2 is 1.73 bits per heavy atom. The molecule has 0 spiro atoms. The first-order chi connectivity index (χ1) is 7.08. The largest absolute Gasteiger partial charge is 0.493 e. The Morgan fingerprint density at radius 3 is 2.20 bits per heavy atom. The topological polar surface area (TPSA) is 33.1 Å². The van der Waals surface area contributed by atoms with Crippen LogP contribution in [0.25, 0.3) is 10.6 Å². The minimum Gasteiger partial charge on any atom is -0.493 e. The summed E-state index contributed by atoms with van der Waals surface area (Å²) in [6.07, 6.45) is 0. The molecule has 2 rings (SSSR count). The van der Waals surface area contributed by atoms with Gasteiger partial charge < -0.3 is 5.11 Å². The Balaban J connectivity index is 2.62. The number of thiazole rings is 1. The van der Waals surface area contributed by atoms with E-state index in [1.165, 1.54) is 5.38 Å².